The zero-order chi connectivity index (χ0) is 19.7. The molecule has 2 aromatic carbocycles. The Morgan fingerprint density at radius 2 is 1.96 bits per heavy atom. The van der Waals surface area contributed by atoms with Gasteiger partial charge in [-0.2, -0.15) is 5.10 Å². The van der Waals surface area contributed by atoms with Crippen LogP contribution in [0.15, 0.2) is 46.5 Å². The number of halogens is 2. The minimum Gasteiger partial charge on any atom is -0.353 e. The van der Waals surface area contributed by atoms with Crippen LogP contribution in [0.5, 0.6) is 0 Å². The summed E-state index contributed by atoms with van der Waals surface area (Å²) in [6.45, 7) is 2.11. The van der Waals surface area contributed by atoms with Crippen LogP contribution in [0.1, 0.15) is 41.4 Å². The van der Waals surface area contributed by atoms with Gasteiger partial charge in [0.2, 0.25) is 0 Å². The summed E-state index contributed by atoms with van der Waals surface area (Å²) >= 11 is 12.3. The number of hydrogen-bond donors (Lipinski definition) is 3. The first kappa shape index (κ1) is 19.0. The molecule has 144 valence electrons. The Morgan fingerprint density at radius 3 is 2.75 bits per heavy atom. The molecule has 1 atom stereocenters. The van der Waals surface area contributed by atoms with Gasteiger partial charge in [-0.05, 0) is 56.0 Å². The predicted octanol–water partition coefficient (Wildman–Crippen LogP) is 5.10. The van der Waals surface area contributed by atoms with Gasteiger partial charge in [-0.3, -0.25) is 10.4 Å². The number of fused-ring (bicyclic) bond motifs is 3. The molecule has 0 amide bonds. The summed E-state index contributed by atoms with van der Waals surface area (Å²) in [7, 11) is 0. The predicted molar refractivity (Wildman–Crippen MR) is 118 cm³/mol. The van der Waals surface area contributed by atoms with E-state index in [4.69, 9.17) is 28.9 Å². The number of aromatic nitrogens is 1. The minimum atomic E-state index is -0.660. The maximum Gasteiger partial charge on any atom is 0.127 e. The molecule has 28 heavy (non-hydrogen) atoms. The second-order valence-corrected chi connectivity index (χ2v) is 7.74. The quantitative estimate of drug-likeness (QED) is 0.316. The molecule has 0 saturated carbocycles. The van der Waals surface area contributed by atoms with E-state index >= 15 is 0 Å². The van der Waals surface area contributed by atoms with Crippen LogP contribution in [0.3, 0.4) is 0 Å². The molecule has 7 heteroatoms. The number of benzene rings is 2. The van der Waals surface area contributed by atoms with Gasteiger partial charge in [0.1, 0.15) is 12.5 Å². The number of hydrogen-bond acceptors (Lipinski definition) is 3. The van der Waals surface area contributed by atoms with Crippen molar-refractivity contribution in [1.29, 1.82) is 0 Å². The van der Waals surface area contributed by atoms with Crippen LogP contribution in [0.4, 0.5) is 0 Å². The van der Waals surface area contributed by atoms with Gasteiger partial charge < -0.3 is 10.7 Å². The maximum atomic E-state index is 6.17. The van der Waals surface area contributed by atoms with E-state index < -0.39 is 6.17 Å². The van der Waals surface area contributed by atoms with E-state index in [0.29, 0.717) is 15.6 Å². The van der Waals surface area contributed by atoms with Crippen molar-refractivity contribution in [3.8, 4) is 0 Å². The molecule has 1 unspecified atom stereocenters. The van der Waals surface area contributed by atoms with Crippen LogP contribution in [0.25, 0.3) is 10.9 Å². The van der Waals surface area contributed by atoms with Crippen molar-refractivity contribution >= 4 is 46.2 Å². The molecule has 0 bridgehead atoms. The fourth-order valence-electron chi connectivity index (χ4n) is 3.63. The molecule has 5 nitrogen and oxygen atoms in total. The van der Waals surface area contributed by atoms with Crippen molar-refractivity contribution in [3.05, 3.63) is 68.8 Å². The number of nitrogens with zero attached hydrogens (tertiary/aromatic N) is 2. The normalized spacial score (nSPS) is 16.6. The Hall–Kier alpha value is -2.34. The first-order valence-electron chi connectivity index (χ1n) is 9.19. The highest BCUT2D eigenvalue weighted by Gasteiger charge is 2.20. The monoisotopic (exact) mass is 413 g/mol. The van der Waals surface area contributed by atoms with Gasteiger partial charge in [0.25, 0.3) is 0 Å². The van der Waals surface area contributed by atoms with E-state index in [9.17, 15) is 0 Å². The molecular formula is C21H21Cl2N5. The van der Waals surface area contributed by atoms with Crippen LogP contribution in [0, 0.1) is 6.92 Å². The van der Waals surface area contributed by atoms with Crippen LogP contribution in [0.2, 0.25) is 10.0 Å². The number of H-pyrrole nitrogens is 1. The van der Waals surface area contributed by atoms with Crippen molar-refractivity contribution < 1.29 is 0 Å². The van der Waals surface area contributed by atoms with Gasteiger partial charge in [-0.15, -0.1) is 0 Å². The summed E-state index contributed by atoms with van der Waals surface area (Å²) in [4.78, 5) is 7.78. The van der Waals surface area contributed by atoms with E-state index in [1.165, 1.54) is 22.9 Å². The fourth-order valence-corrected chi connectivity index (χ4v) is 4.25. The van der Waals surface area contributed by atoms with Crippen LogP contribution >= 0.6 is 23.2 Å². The number of aromatic amines is 1. The second kappa shape index (κ2) is 7.95. The molecule has 0 saturated heterocycles. The Bertz CT molecular complexity index is 1060. The highest BCUT2D eigenvalue weighted by molar-refractivity contribution is 6.36. The highest BCUT2D eigenvalue weighted by Crippen LogP contribution is 2.30. The Labute approximate surface area is 173 Å². The molecular weight excluding hydrogens is 393 g/mol. The summed E-state index contributed by atoms with van der Waals surface area (Å²) < 4.78 is 0. The number of rotatable bonds is 4. The fraction of sp³-hybridized carbons (Fsp3) is 0.238. The molecule has 4 N–H and O–H groups in total. The van der Waals surface area contributed by atoms with Crippen molar-refractivity contribution in [2.75, 3.05) is 0 Å². The third-order valence-corrected chi connectivity index (χ3v) is 5.64. The Balaban J connectivity index is 1.53. The van der Waals surface area contributed by atoms with E-state index in [0.717, 1.165) is 36.2 Å². The number of aliphatic imine (C=N–C) groups is 1. The highest BCUT2D eigenvalue weighted by atomic mass is 35.5. The molecule has 1 aliphatic rings. The summed E-state index contributed by atoms with van der Waals surface area (Å²) in [5.74, 6) is 0. The average Bonchev–Trinajstić information content (AvgIpc) is 3.04. The lowest BCUT2D eigenvalue weighted by Crippen LogP contribution is -2.17. The smallest absolute Gasteiger partial charge is 0.127 e. The van der Waals surface area contributed by atoms with E-state index in [1.54, 1.807) is 18.2 Å². The van der Waals surface area contributed by atoms with Crippen LogP contribution < -0.4 is 11.2 Å². The molecule has 1 heterocycles. The van der Waals surface area contributed by atoms with Crippen molar-refractivity contribution in [2.24, 2.45) is 15.8 Å². The number of nitrogens with one attached hydrogen (secondary N) is 2. The van der Waals surface area contributed by atoms with Crippen molar-refractivity contribution in [2.45, 2.75) is 32.4 Å². The second-order valence-electron chi connectivity index (χ2n) is 6.93. The van der Waals surface area contributed by atoms with E-state index in [2.05, 4.69) is 45.6 Å². The van der Waals surface area contributed by atoms with Crippen LogP contribution in [-0.2, 0) is 6.42 Å². The molecule has 1 aromatic heterocycles. The summed E-state index contributed by atoms with van der Waals surface area (Å²) in [5, 5.41) is 6.79. The summed E-state index contributed by atoms with van der Waals surface area (Å²) in [6.07, 6.45) is 3.86. The molecule has 0 fully saturated rings. The van der Waals surface area contributed by atoms with Gasteiger partial charge in [-0.1, -0.05) is 40.9 Å². The van der Waals surface area contributed by atoms with Crippen LogP contribution in [-0.4, -0.2) is 17.0 Å². The van der Waals surface area contributed by atoms with Gasteiger partial charge in [0, 0.05) is 26.5 Å². The first-order valence-corrected chi connectivity index (χ1v) is 9.95. The van der Waals surface area contributed by atoms with E-state index in [-0.39, 0.29) is 0 Å². The van der Waals surface area contributed by atoms with Crippen molar-refractivity contribution in [3.63, 3.8) is 0 Å². The molecule has 4 rings (SSSR count). The minimum absolute atomic E-state index is 0.494. The zero-order valence-electron chi connectivity index (χ0n) is 15.5. The zero-order valence-corrected chi connectivity index (χ0v) is 17.0. The van der Waals surface area contributed by atoms with Gasteiger partial charge in [-0.25, -0.2) is 0 Å². The van der Waals surface area contributed by atoms with Gasteiger partial charge >= 0.3 is 0 Å². The number of hydrazone groups is 1. The lowest BCUT2D eigenvalue weighted by atomic mass is 9.94. The molecule has 1 aliphatic carbocycles. The molecule has 0 aliphatic heterocycles. The van der Waals surface area contributed by atoms with Crippen molar-refractivity contribution in [1.82, 2.24) is 10.4 Å². The molecule has 3 aromatic rings. The first-order chi connectivity index (χ1) is 13.5. The Morgan fingerprint density at radius 1 is 1.18 bits per heavy atom. The van der Waals surface area contributed by atoms with E-state index in [1.807, 2.05) is 0 Å². The molecule has 0 radical (unpaired) electrons. The summed E-state index contributed by atoms with van der Waals surface area (Å²) in [5.41, 5.74) is 15.4. The summed E-state index contributed by atoms with van der Waals surface area (Å²) in [6, 6.07) is 11.7. The lowest BCUT2D eigenvalue weighted by molar-refractivity contribution is 0.771. The maximum absolute atomic E-state index is 6.17. The largest absolute Gasteiger partial charge is 0.353 e. The Kier molecular flexibility index (Phi) is 5.40. The third kappa shape index (κ3) is 3.65. The number of aryl methyl sites for hydroxylation is 2. The standard InChI is InChI=1S/C21H21Cl2N5/c1-12-8-9-17-14(10-12)13-4-2-7-18(20(13)27-17)28-26-11-25-21(24)19-15(22)5-3-6-16(19)23/h3,5-6,8-11,21,27H,2,4,7,24H2,1H3,(H,25,26). The topological polar surface area (TPSA) is 78.6 Å². The SMILES string of the molecule is Cc1ccc2[nH]c3c(c2c1)CCCC3=NNC=NC(N)c1c(Cl)cccc1Cl. The average molecular weight is 414 g/mol. The third-order valence-electron chi connectivity index (χ3n) is 4.98. The van der Waals surface area contributed by atoms with Gasteiger partial charge in [0.15, 0.2) is 0 Å². The lowest BCUT2D eigenvalue weighted by Gasteiger charge is -2.14. The number of nitrogens with two attached hydrogens (primary N) is 1. The molecule has 0 spiro atoms. The van der Waals surface area contributed by atoms with Gasteiger partial charge in [0.05, 0.1) is 11.4 Å².